The van der Waals surface area contributed by atoms with E-state index < -0.39 is 0 Å². The molecule has 0 spiro atoms. The summed E-state index contributed by atoms with van der Waals surface area (Å²) < 4.78 is 6.02. The van der Waals surface area contributed by atoms with Crippen molar-refractivity contribution in [2.75, 3.05) is 13.7 Å². The van der Waals surface area contributed by atoms with E-state index in [1.54, 1.807) is 0 Å². The zero-order chi connectivity index (χ0) is 24.5. The number of fused-ring (bicyclic) bond motifs is 1. The Morgan fingerprint density at radius 3 is 2.25 bits per heavy atom. The van der Waals surface area contributed by atoms with Crippen molar-refractivity contribution in [1.82, 2.24) is 9.97 Å². The number of rotatable bonds is 8. The van der Waals surface area contributed by atoms with Crippen LogP contribution in [-0.4, -0.2) is 23.7 Å². The van der Waals surface area contributed by atoms with Crippen LogP contribution in [0.3, 0.4) is 0 Å². The molecule has 1 fully saturated rings. The van der Waals surface area contributed by atoms with E-state index in [0.29, 0.717) is 23.4 Å². The number of H-pyrrole nitrogens is 1. The Morgan fingerprint density at radius 1 is 0.861 bits per heavy atom. The number of imidazole rings is 1. The molecule has 0 amide bonds. The van der Waals surface area contributed by atoms with Crippen molar-refractivity contribution in [2.24, 2.45) is 0 Å². The molecule has 5 aromatic rings. The van der Waals surface area contributed by atoms with Crippen LogP contribution in [0.15, 0.2) is 91.0 Å². The van der Waals surface area contributed by atoms with Gasteiger partial charge < -0.3 is 9.72 Å². The van der Waals surface area contributed by atoms with Crippen LogP contribution in [0, 0.1) is 0 Å². The Morgan fingerprint density at radius 2 is 1.56 bits per heavy atom. The average Bonchev–Trinajstić information content (AvgIpc) is 3.61. The largest absolute Gasteiger partial charge is 0.426 e. The van der Waals surface area contributed by atoms with Crippen molar-refractivity contribution < 1.29 is 14.5 Å². The second kappa shape index (κ2) is 9.43. The zero-order valence-corrected chi connectivity index (χ0v) is 20.6. The Bertz CT molecular complexity index is 1490. The summed E-state index contributed by atoms with van der Waals surface area (Å²) in [6.45, 7) is 0.561. The first-order valence-electron chi connectivity index (χ1n) is 11.9. The summed E-state index contributed by atoms with van der Waals surface area (Å²) in [5.41, 5.74) is 7.21. The molecular formula is C30H25ClN2O3. The van der Waals surface area contributed by atoms with E-state index >= 15 is 0 Å². The maximum Gasteiger partial charge on any atom is 0.300 e. The summed E-state index contributed by atoms with van der Waals surface area (Å²) in [4.78, 5) is 17.9. The lowest BCUT2D eigenvalue weighted by Crippen LogP contribution is -2.14. The molecule has 1 N–H and O–H groups in total. The van der Waals surface area contributed by atoms with Gasteiger partial charge in [0.05, 0.1) is 29.8 Å². The van der Waals surface area contributed by atoms with Crippen LogP contribution in [0.2, 0.25) is 5.02 Å². The van der Waals surface area contributed by atoms with E-state index in [4.69, 9.17) is 26.1 Å². The van der Waals surface area contributed by atoms with E-state index in [-0.39, 0.29) is 5.41 Å². The Kier molecular flexibility index (Phi) is 5.97. The second-order valence-corrected chi connectivity index (χ2v) is 9.58. The van der Waals surface area contributed by atoms with Crippen LogP contribution in [0.25, 0.3) is 33.3 Å². The highest BCUT2D eigenvalue weighted by molar-refractivity contribution is 6.34. The molecule has 5 nitrogen and oxygen atoms in total. The fourth-order valence-corrected chi connectivity index (χ4v) is 4.85. The van der Waals surface area contributed by atoms with Crippen LogP contribution < -0.4 is 4.74 Å². The van der Waals surface area contributed by atoms with E-state index in [9.17, 15) is 0 Å². The zero-order valence-electron chi connectivity index (χ0n) is 19.8. The molecule has 0 bridgehead atoms. The molecule has 36 heavy (non-hydrogen) atoms. The first kappa shape index (κ1) is 22.8. The summed E-state index contributed by atoms with van der Waals surface area (Å²) in [5, 5.41) is 0.655. The van der Waals surface area contributed by atoms with E-state index in [0.717, 1.165) is 40.6 Å². The number of nitrogens with zero attached hydrogens (tertiary/aromatic N) is 1. The Balaban J connectivity index is 1.21. The maximum absolute atomic E-state index is 6.66. The summed E-state index contributed by atoms with van der Waals surface area (Å²) in [6, 6.07) is 31.1. The predicted octanol–water partition coefficient (Wildman–Crippen LogP) is 7.95. The van der Waals surface area contributed by atoms with Crippen molar-refractivity contribution in [3.8, 4) is 34.0 Å². The highest BCUT2D eigenvalue weighted by atomic mass is 35.5. The molecular weight excluding hydrogens is 472 g/mol. The molecule has 1 aromatic heterocycles. The van der Waals surface area contributed by atoms with Gasteiger partial charge in [-0.05, 0) is 59.4 Å². The SMILES string of the molecule is COOCC1(c2ccc(Oc3nc4cc(-c5ccc(-c6ccccc6)cc5)c(Cl)cc4[nH]3)cc2)CC1. The van der Waals surface area contributed by atoms with Crippen molar-refractivity contribution in [3.63, 3.8) is 0 Å². The molecule has 180 valence electrons. The second-order valence-electron chi connectivity index (χ2n) is 9.17. The minimum Gasteiger partial charge on any atom is -0.426 e. The van der Waals surface area contributed by atoms with Gasteiger partial charge in [0.25, 0.3) is 6.01 Å². The number of nitrogens with one attached hydrogen (secondary N) is 1. The van der Waals surface area contributed by atoms with Gasteiger partial charge in [0, 0.05) is 11.0 Å². The van der Waals surface area contributed by atoms with E-state index in [2.05, 4.69) is 58.5 Å². The van der Waals surface area contributed by atoms with Gasteiger partial charge in [0.2, 0.25) is 0 Å². The molecule has 1 saturated carbocycles. The quantitative estimate of drug-likeness (QED) is 0.175. The fraction of sp³-hybridized carbons (Fsp3) is 0.167. The molecule has 4 aromatic carbocycles. The van der Waals surface area contributed by atoms with Crippen molar-refractivity contribution in [2.45, 2.75) is 18.3 Å². The first-order chi connectivity index (χ1) is 17.6. The molecule has 6 rings (SSSR count). The Hall–Kier alpha value is -3.64. The normalized spacial score (nSPS) is 14.2. The van der Waals surface area contributed by atoms with Gasteiger partial charge in [-0.3, -0.25) is 0 Å². The summed E-state index contributed by atoms with van der Waals surface area (Å²) in [5.74, 6) is 0.712. The number of benzene rings is 4. The molecule has 0 atom stereocenters. The molecule has 1 aliphatic rings. The van der Waals surface area contributed by atoms with Gasteiger partial charge in [-0.15, -0.1) is 0 Å². The van der Waals surface area contributed by atoms with Crippen LogP contribution in [-0.2, 0) is 15.2 Å². The van der Waals surface area contributed by atoms with Crippen molar-refractivity contribution >= 4 is 22.6 Å². The smallest absolute Gasteiger partial charge is 0.300 e. The predicted molar refractivity (Wildman–Crippen MR) is 142 cm³/mol. The van der Waals surface area contributed by atoms with Gasteiger partial charge in [0.1, 0.15) is 5.75 Å². The molecule has 6 heteroatoms. The third kappa shape index (κ3) is 4.49. The minimum absolute atomic E-state index is 0.0559. The number of aromatic nitrogens is 2. The third-order valence-corrected chi connectivity index (χ3v) is 7.15. The fourth-order valence-electron chi connectivity index (χ4n) is 4.58. The number of hydrogen-bond acceptors (Lipinski definition) is 4. The molecule has 1 aliphatic carbocycles. The maximum atomic E-state index is 6.66. The lowest BCUT2D eigenvalue weighted by atomic mass is 9.97. The summed E-state index contributed by atoms with van der Waals surface area (Å²) in [7, 11) is 1.54. The summed E-state index contributed by atoms with van der Waals surface area (Å²) in [6.07, 6.45) is 2.19. The molecule has 0 saturated heterocycles. The number of halogens is 1. The van der Waals surface area contributed by atoms with Crippen LogP contribution >= 0.6 is 11.6 Å². The minimum atomic E-state index is 0.0559. The van der Waals surface area contributed by atoms with E-state index in [1.165, 1.54) is 18.2 Å². The third-order valence-electron chi connectivity index (χ3n) is 6.84. The number of ether oxygens (including phenoxy) is 1. The molecule has 0 radical (unpaired) electrons. The standard InChI is InChI=1S/C30H25ClN2O3/c1-34-35-19-30(15-16-30)23-11-13-24(14-12-23)36-29-32-27-17-25(26(31)18-28(27)33-29)22-9-7-21(8-10-22)20-5-3-2-4-6-20/h2-14,17-18H,15-16,19H2,1H3,(H,32,33). The highest BCUT2D eigenvalue weighted by Crippen LogP contribution is 2.48. The van der Waals surface area contributed by atoms with E-state index in [1.807, 2.05) is 42.5 Å². The van der Waals surface area contributed by atoms with Gasteiger partial charge in [-0.1, -0.05) is 78.3 Å². The molecule has 0 aliphatic heterocycles. The van der Waals surface area contributed by atoms with Crippen LogP contribution in [0.4, 0.5) is 0 Å². The van der Waals surface area contributed by atoms with Crippen molar-refractivity contribution in [1.29, 1.82) is 0 Å². The van der Waals surface area contributed by atoms with Crippen LogP contribution in [0.5, 0.6) is 11.8 Å². The highest BCUT2D eigenvalue weighted by Gasteiger charge is 2.45. The van der Waals surface area contributed by atoms with Crippen LogP contribution in [0.1, 0.15) is 18.4 Å². The van der Waals surface area contributed by atoms with Gasteiger partial charge in [-0.2, -0.15) is 4.98 Å². The number of hydrogen-bond donors (Lipinski definition) is 1. The van der Waals surface area contributed by atoms with Gasteiger partial charge in [-0.25, -0.2) is 9.78 Å². The Labute approximate surface area is 214 Å². The van der Waals surface area contributed by atoms with Gasteiger partial charge >= 0.3 is 0 Å². The van der Waals surface area contributed by atoms with Gasteiger partial charge in [0.15, 0.2) is 0 Å². The average molecular weight is 497 g/mol. The molecule has 0 unspecified atom stereocenters. The molecule has 1 heterocycles. The topological polar surface area (TPSA) is 56.4 Å². The number of aromatic amines is 1. The lowest BCUT2D eigenvalue weighted by molar-refractivity contribution is -0.277. The van der Waals surface area contributed by atoms with Crippen molar-refractivity contribution in [3.05, 3.63) is 102 Å². The monoisotopic (exact) mass is 496 g/mol. The summed E-state index contributed by atoms with van der Waals surface area (Å²) >= 11 is 6.66. The lowest BCUT2D eigenvalue weighted by Gasteiger charge is -2.14. The first-order valence-corrected chi connectivity index (χ1v) is 12.3.